The van der Waals surface area contributed by atoms with Gasteiger partial charge in [0.1, 0.15) is 0 Å². The van der Waals surface area contributed by atoms with Crippen LogP contribution in [0.5, 0.6) is 0 Å². The zero-order valence-corrected chi connectivity index (χ0v) is 18.9. The molecule has 0 amide bonds. The average molecular weight is 374 g/mol. The molecule has 1 aromatic rings. The van der Waals surface area contributed by atoms with Gasteiger partial charge in [-0.2, -0.15) is 0 Å². The highest BCUT2D eigenvalue weighted by molar-refractivity contribution is 5.48. The second kappa shape index (κ2) is 7.17. The molecule has 0 aromatic heterocycles. The molecule has 2 rings (SSSR count). The van der Waals surface area contributed by atoms with E-state index in [1.165, 1.54) is 16.7 Å². The molecular formula is C24H43N3. The summed E-state index contributed by atoms with van der Waals surface area (Å²) < 4.78 is 0. The predicted octanol–water partition coefficient (Wildman–Crippen LogP) is 4.70. The highest BCUT2D eigenvalue weighted by Gasteiger charge is 2.50. The van der Waals surface area contributed by atoms with E-state index in [1.807, 2.05) is 0 Å². The lowest BCUT2D eigenvalue weighted by molar-refractivity contribution is 0.133. The van der Waals surface area contributed by atoms with Crippen LogP contribution < -0.4 is 17.2 Å². The molecule has 0 spiro atoms. The van der Waals surface area contributed by atoms with Crippen molar-refractivity contribution in [3.8, 4) is 0 Å². The lowest BCUT2D eigenvalue weighted by Gasteiger charge is -2.54. The first-order chi connectivity index (χ1) is 12.1. The molecule has 154 valence electrons. The van der Waals surface area contributed by atoms with Crippen LogP contribution in [0.2, 0.25) is 0 Å². The van der Waals surface area contributed by atoms with E-state index in [0.29, 0.717) is 5.92 Å². The van der Waals surface area contributed by atoms with Gasteiger partial charge < -0.3 is 17.2 Å². The molecule has 27 heavy (non-hydrogen) atoms. The Labute approximate surface area is 167 Å². The molecule has 1 saturated carbocycles. The first-order valence-electron chi connectivity index (χ1n) is 10.5. The summed E-state index contributed by atoms with van der Waals surface area (Å²) in [5.41, 5.74) is 23.3. The van der Waals surface area contributed by atoms with Gasteiger partial charge in [-0.05, 0) is 86.8 Å². The Hall–Kier alpha value is -0.900. The van der Waals surface area contributed by atoms with Crippen LogP contribution in [-0.4, -0.2) is 17.1 Å². The maximum atomic E-state index is 6.46. The third-order valence-electron chi connectivity index (χ3n) is 6.17. The van der Waals surface area contributed by atoms with Gasteiger partial charge in [-0.25, -0.2) is 0 Å². The highest BCUT2D eigenvalue weighted by atomic mass is 14.8. The fourth-order valence-corrected chi connectivity index (χ4v) is 6.04. The fourth-order valence-electron chi connectivity index (χ4n) is 6.04. The van der Waals surface area contributed by atoms with Crippen molar-refractivity contribution in [2.45, 2.75) is 115 Å². The van der Waals surface area contributed by atoms with E-state index in [0.717, 1.165) is 25.7 Å². The Morgan fingerprint density at radius 2 is 1.63 bits per heavy atom. The molecule has 0 bridgehead atoms. The van der Waals surface area contributed by atoms with Crippen LogP contribution in [0.3, 0.4) is 0 Å². The molecule has 6 N–H and O–H groups in total. The van der Waals surface area contributed by atoms with E-state index in [2.05, 4.69) is 73.6 Å². The van der Waals surface area contributed by atoms with Crippen molar-refractivity contribution in [2.24, 2.45) is 17.2 Å². The Kier molecular flexibility index (Phi) is 5.94. The molecule has 0 radical (unpaired) electrons. The van der Waals surface area contributed by atoms with Crippen LogP contribution in [0.15, 0.2) is 18.2 Å². The third kappa shape index (κ3) is 5.13. The van der Waals surface area contributed by atoms with Crippen molar-refractivity contribution in [1.29, 1.82) is 0 Å². The van der Waals surface area contributed by atoms with Crippen molar-refractivity contribution in [1.82, 2.24) is 0 Å². The average Bonchev–Trinajstić information content (AvgIpc) is 2.40. The number of rotatable bonds is 7. The highest BCUT2D eigenvalue weighted by Crippen LogP contribution is 2.53. The van der Waals surface area contributed by atoms with E-state index in [-0.39, 0.29) is 27.9 Å². The maximum Gasteiger partial charge on any atom is 0.0142 e. The van der Waals surface area contributed by atoms with E-state index < -0.39 is 0 Å². The third-order valence-corrected chi connectivity index (χ3v) is 6.17. The minimum absolute atomic E-state index is 0.00123. The minimum Gasteiger partial charge on any atom is -0.328 e. The molecular weight excluding hydrogens is 330 g/mol. The van der Waals surface area contributed by atoms with Crippen LogP contribution >= 0.6 is 0 Å². The summed E-state index contributed by atoms with van der Waals surface area (Å²) in [6.07, 6.45) is 3.98. The molecule has 1 aliphatic rings. The predicted molar refractivity (Wildman–Crippen MR) is 118 cm³/mol. The van der Waals surface area contributed by atoms with Crippen molar-refractivity contribution in [3.63, 3.8) is 0 Å². The topological polar surface area (TPSA) is 78.1 Å². The number of benzene rings is 1. The minimum atomic E-state index is -0.211. The molecule has 1 aromatic carbocycles. The molecule has 1 aliphatic carbocycles. The quantitative estimate of drug-likeness (QED) is 0.648. The Morgan fingerprint density at radius 1 is 1.07 bits per heavy atom. The van der Waals surface area contributed by atoms with Crippen LogP contribution in [0.1, 0.15) is 104 Å². The van der Waals surface area contributed by atoms with E-state index in [1.54, 1.807) is 0 Å². The number of hydrogen-bond acceptors (Lipinski definition) is 3. The van der Waals surface area contributed by atoms with Crippen LogP contribution in [0.25, 0.3) is 0 Å². The number of hydrogen-bond donors (Lipinski definition) is 3. The van der Waals surface area contributed by atoms with Gasteiger partial charge in [0, 0.05) is 17.1 Å². The zero-order valence-electron chi connectivity index (χ0n) is 18.9. The smallest absolute Gasteiger partial charge is 0.0142 e. The molecule has 0 heterocycles. The standard InChI is InChI=1S/C24H43N3/c1-16(12-17(2)25)18-10-9-11-19(21(3,4)13-22(5,6)26)20(18)23(7)14-24(8,27)15-23/h9-11,16-17H,12-15,25-27H2,1-8H3. The zero-order chi connectivity index (χ0) is 20.8. The van der Waals surface area contributed by atoms with Crippen LogP contribution in [0.4, 0.5) is 0 Å². The second-order valence-electron chi connectivity index (χ2n) is 11.5. The summed E-state index contributed by atoms with van der Waals surface area (Å²) in [6.45, 7) is 17.9. The van der Waals surface area contributed by atoms with Gasteiger partial charge >= 0.3 is 0 Å². The normalized spacial score (nSPS) is 28.6. The molecule has 2 atom stereocenters. The molecule has 1 fully saturated rings. The summed E-state index contributed by atoms with van der Waals surface area (Å²) >= 11 is 0. The maximum absolute atomic E-state index is 6.46. The van der Waals surface area contributed by atoms with E-state index >= 15 is 0 Å². The molecule has 3 heteroatoms. The first kappa shape index (κ1) is 22.4. The van der Waals surface area contributed by atoms with Crippen LogP contribution in [0, 0.1) is 0 Å². The van der Waals surface area contributed by atoms with Gasteiger partial charge in [-0.1, -0.05) is 45.9 Å². The second-order valence-corrected chi connectivity index (χ2v) is 11.5. The lowest BCUT2D eigenvalue weighted by atomic mass is 9.53. The lowest BCUT2D eigenvalue weighted by Crippen LogP contribution is -2.58. The van der Waals surface area contributed by atoms with Gasteiger partial charge in [0.25, 0.3) is 0 Å². The largest absolute Gasteiger partial charge is 0.328 e. The fraction of sp³-hybridized carbons (Fsp3) is 0.750. The summed E-state index contributed by atoms with van der Waals surface area (Å²) in [7, 11) is 0. The van der Waals surface area contributed by atoms with Gasteiger partial charge in [-0.3, -0.25) is 0 Å². The Morgan fingerprint density at radius 3 is 2.07 bits per heavy atom. The summed E-state index contributed by atoms with van der Waals surface area (Å²) in [6, 6.07) is 7.05. The van der Waals surface area contributed by atoms with Gasteiger partial charge in [-0.15, -0.1) is 0 Å². The van der Waals surface area contributed by atoms with Crippen LogP contribution in [-0.2, 0) is 10.8 Å². The molecule has 3 nitrogen and oxygen atoms in total. The molecule has 0 saturated heterocycles. The van der Waals surface area contributed by atoms with E-state index in [4.69, 9.17) is 17.2 Å². The van der Waals surface area contributed by atoms with Crippen molar-refractivity contribution in [3.05, 3.63) is 34.9 Å². The first-order valence-corrected chi connectivity index (χ1v) is 10.5. The number of nitrogens with two attached hydrogens (primary N) is 3. The molecule has 2 unspecified atom stereocenters. The van der Waals surface area contributed by atoms with Gasteiger partial charge in [0.2, 0.25) is 0 Å². The summed E-state index contributed by atoms with van der Waals surface area (Å²) in [5.74, 6) is 0.433. The Balaban J connectivity index is 2.60. The van der Waals surface area contributed by atoms with E-state index in [9.17, 15) is 0 Å². The van der Waals surface area contributed by atoms with Gasteiger partial charge in [0.15, 0.2) is 0 Å². The van der Waals surface area contributed by atoms with Crippen molar-refractivity contribution < 1.29 is 0 Å². The van der Waals surface area contributed by atoms with Crippen molar-refractivity contribution >= 4 is 0 Å². The van der Waals surface area contributed by atoms with Crippen molar-refractivity contribution in [2.75, 3.05) is 0 Å². The Bertz CT molecular complexity index is 657. The summed E-state index contributed by atoms with van der Waals surface area (Å²) in [4.78, 5) is 0. The van der Waals surface area contributed by atoms with Gasteiger partial charge in [0.05, 0.1) is 0 Å². The molecule has 0 aliphatic heterocycles. The summed E-state index contributed by atoms with van der Waals surface area (Å²) in [5, 5.41) is 0. The monoisotopic (exact) mass is 373 g/mol. The SMILES string of the molecule is CC(N)CC(C)c1cccc(C(C)(C)CC(C)(C)N)c1C1(C)CC(C)(N)C1.